The van der Waals surface area contributed by atoms with Gasteiger partial charge in [0, 0.05) is 38.0 Å². The number of ketones is 1. The van der Waals surface area contributed by atoms with Crippen molar-refractivity contribution in [1.82, 2.24) is 5.32 Å². The summed E-state index contributed by atoms with van der Waals surface area (Å²) in [6.45, 7) is -0.291. The van der Waals surface area contributed by atoms with Crippen molar-refractivity contribution in [1.29, 1.82) is 0 Å². The highest BCUT2D eigenvalue weighted by Gasteiger charge is 2.58. The molecule has 4 aliphatic rings. The molecule has 2 saturated heterocycles. The van der Waals surface area contributed by atoms with Crippen LogP contribution in [0.4, 0.5) is 0 Å². The van der Waals surface area contributed by atoms with E-state index in [1.54, 1.807) is 0 Å². The van der Waals surface area contributed by atoms with Gasteiger partial charge in [0.15, 0.2) is 18.4 Å². The maximum atomic E-state index is 13.0. The van der Waals surface area contributed by atoms with Crippen LogP contribution in [0.2, 0.25) is 0 Å². The molecule has 0 aromatic heterocycles. The van der Waals surface area contributed by atoms with E-state index >= 15 is 0 Å². The molecule has 4 rings (SSSR count). The van der Waals surface area contributed by atoms with Crippen molar-refractivity contribution in [3.05, 3.63) is 0 Å². The molecule has 45 heavy (non-hydrogen) atoms. The van der Waals surface area contributed by atoms with E-state index in [0.29, 0.717) is 6.42 Å². The van der Waals surface area contributed by atoms with E-state index in [1.165, 1.54) is 0 Å². The maximum absolute atomic E-state index is 13.0. The van der Waals surface area contributed by atoms with Crippen LogP contribution in [0.15, 0.2) is 0 Å². The number of hydrogen-bond donors (Lipinski definition) is 13. The molecule has 2 saturated carbocycles. The Labute approximate surface area is 261 Å². The van der Waals surface area contributed by atoms with Gasteiger partial charge in [-0.3, -0.25) is 4.79 Å². The Bertz CT molecular complexity index is 973. The van der Waals surface area contributed by atoms with Gasteiger partial charge in [0.25, 0.3) is 0 Å². The minimum absolute atomic E-state index is 0.0289. The van der Waals surface area contributed by atoms with Gasteiger partial charge in [-0.25, -0.2) is 0 Å². The third-order valence-electron chi connectivity index (χ3n) is 9.48. The minimum Gasteiger partial charge on any atom is -0.394 e. The first-order valence-electron chi connectivity index (χ1n) is 15.5. The molecule has 0 bridgehead atoms. The molecule has 262 valence electrons. The zero-order valence-electron chi connectivity index (χ0n) is 25.2. The summed E-state index contributed by atoms with van der Waals surface area (Å²) in [5.41, 5.74) is 27.8. The van der Waals surface area contributed by atoms with Crippen molar-refractivity contribution >= 4 is 5.78 Å². The summed E-state index contributed by atoms with van der Waals surface area (Å²) >= 11 is 0. The summed E-state index contributed by atoms with van der Waals surface area (Å²) in [5, 5.41) is 76.8. The molecule has 2 heterocycles. The lowest BCUT2D eigenvalue weighted by molar-refractivity contribution is -0.320. The van der Waals surface area contributed by atoms with Crippen LogP contribution in [-0.2, 0) is 23.7 Å². The van der Waals surface area contributed by atoms with Gasteiger partial charge in [0.05, 0.1) is 43.1 Å². The van der Waals surface area contributed by atoms with Crippen LogP contribution in [0.1, 0.15) is 32.1 Å². The van der Waals surface area contributed by atoms with Crippen LogP contribution >= 0.6 is 0 Å². The van der Waals surface area contributed by atoms with E-state index in [9.17, 15) is 40.5 Å². The molecule has 17 atom stereocenters. The third kappa shape index (κ3) is 8.18. The van der Waals surface area contributed by atoms with E-state index in [0.717, 1.165) is 0 Å². The monoisotopic (exact) mass is 652 g/mol. The van der Waals surface area contributed by atoms with Crippen LogP contribution in [0.5, 0.6) is 0 Å². The number of carbonyl (C=O) groups excluding carboxylic acids is 1. The van der Waals surface area contributed by atoms with Gasteiger partial charge in [-0.2, -0.15) is 0 Å². The molecule has 18 heteroatoms. The van der Waals surface area contributed by atoms with E-state index in [1.807, 2.05) is 0 Å². The van der Waals surface area contributed by atoms with Crippen LogP contribution < -0.4 is 34.0 Å². The van der Waals surface area contributed by atoms with Crippen molar-refractivity contribution in [2.45, 2.75) is 129 Å². The molecule has 2 aliphatic heterocycles. The number of nitrogens with one attached hydrogen (secondary N) is 1. The lowest BCUT2D eigenvalue weighted by Crippen LogP contribution is -2.66. The fraction of sp³-hybridized carbons (Fsp3) is 0.963. The standard InChI is InChI=1S/C27H52N6O12/c28-2-1-11(35)8-33-13-5-14(36)15(7-29)42-25(13)45-24-12(30)3-10(4-18(37)27(41)6-17(27)31)23(22(24)40)44-26-21(39)19(32)20(38)16(9-34)43-26/h10-17,19-26,33-36,38-41H,1-9,28-32H2/t10-,11?,12-,13+,14-,15+,16+,17?,19-,20+,21+,22+,23-,24+,25+,26+,27?/m0/s1. The van der Waals surface area contributed by atoms with E-state index in [-0.39, 0.29) is 45.3 Å². The molecule has 18 N–H and O–H groups in total. The Hall–Kier alpha value is -1.01. The normalized spacial score (nSPS) is 47.8. The lowest BCUT2D eigenvalue weighted by Gasteiger charge is -2.49. The number of aliphatic hydroxyl groups excluding tert-OH is 6. The Morgan fingerprint density at radius 1 is 0.956 bits per heavy atom. The van der Waals surface area contributed by atoms with E-state index in [4.69, 9.17) is 47.6 Å². The molecule has 0 aromatic rings. The molecule has 0 amide bonds. The first-order chi connectivity index (χ1) is 21.2. The largest absolute Gasteiger partial charge is 0.394 e. The number of hydrogen-bond acceptors (Lipinski definition) is 18. The quantitative estimate of drug-likeness (QED) is 0.0828. The molecule has 4 fully saturated rings. The first kappa shape index (κ1) is 36.8. The highest BCUT2D eigenvalue weighted by atomic mass is 16.7. The number of rotatable bonds is 14. The van der Waals surface area contributed by atoms with Gasteiger partial charge < -0.3 is 88.7 Å². The lowest BCUT2D eigenvalue weighted by atomic mass is 9.76. The zero-order chi connectivity index (χ0) is 33.2. The second-order valence-corrected chi connectivity index (χ2v) is 12.8. The highest BCUT2D eigenvalue weighted by molar-refractivity contribution is 5.91. The van der Waals surface area contributed by atoms with Crippen molar-refractivity contribution in [3.8, 4) is 0 Å². The third-order valence-corrected chi connectivity index (χ3v) is 9.48. The molecular formula is C27H52N6O12. The Balaban J connectivity index is 1.56. The molecule has 18 nitrogen and oxygen atoms in total. The summed E-state index contributed by atoms with van der Waals surface area (Å²) < 4.78 is 23.8. The van der Waals surface area contributed by atoms with Crippen molar-refractivity contribution < 1.29 is 59.5 Å². The Kier molecular flexibility index (Phi) is 12.7. The summed E-state index contributed by atoms with van der Waals surface area (Å²) in [6, 6.07) is -3.54. The molecular weight excluding hydrogens is 600 g/mol. The number of aliphatic hydroxyl groups is 7. The predicted molar refractivity (Wildman–Crippen MR) is 155 cm³/mol. The highest BCUT2D eigenvalue weighted by Crippen LogP contribution is 2.41. The smallest absolute Gasteiger partial charge is 0.186 e. The van der Waals surface area contributed by atoms with Crippen LogP contribution in [0, 0.1) is 5.92 Å². The van der Waals surface area contributed by atoms with E-state index in [2.05, 4.69) is 5.32 Å². The average molecular weight is 653 g/mol. The van der Waals surface area contributed by atoms with Crippen molar-refractivity contribution in [2.24, 2.45) is 34.6 Å². The van der Waals surface area contributed by atoms with Crippen molar-refractivity contribution in [2.75, 3.05) is 26.2 Å². The van der Waals surface area contributed by atoms with Gasteiger partial charge >= 0.3 is 0 Å². The molecule has 2 aliphatic carbocycles. The molecule has 0 radical (unpaired) electrons. The Morgan fingerprint density at radius 2 is 1.60 bits per heavy atom. The van der Waals surface area contributed by atoms with Crippen molar-refractivity contribution in [3.63, 3.8) is 0 Å². The maximum Gasteiger partial charge on any atom is 0.186 e. The number of nitrogens with two attached hydrogens (primary N) is 5. The van der Waals surface area contributed by atoms with Crippen LogP contribution in [-0.4, -0.2) is 165 Å². The van der Waals surface area contributed by atoms with Gasteiger partial charge in [0.1, 0.15) is 36.1 Å². The summed E-state index contributed by atoms with van der Waals surface area (Å²) in [7, 11) is 0. The molecule has 3 unspecified atom stereocenters. The van der Waals surface area contributed by atoms with Crippen LogP contribution in [0.25, 0.3) is 0 Å². The Morgan fingerprint density at radius 3 is 2.20 bits per heavy atom. The topological polar surface area (TPSA) is 338 Å². The number of ether oxygens (including phenoxy) is 4. The number of Topliss-reactive ketones (excluding diaryl/α,β-unsaturated/α-hetero) is 1. The summed E-state index contributed by atoms with van der Waals surface area (Å²) in [4.78, 5) is 13.0. The molecule has 0 spiro atoms. The summed E-state index contributed by atoms with van der Waals surface area (Å²) in [5.74, 6) is -1.37. The fourth-order valence-electron chi connectivity index (χ4n) is 6.44. The second kappa shape index (κ2) is 15.5. The molecule has 0 aromatic carbocycles. The predicted octanol–water partition coefficient (Wildman–Crippen LogP) is -7.25. The minimum atomic E-state index is -1.70. The van der Waals surface area contributed by atoms with E-state index < -0.39 is 116 Å². The fourth-order valence-corrected chi connectivity index (χ4v) is 6.44. The van der Waals surface area contributed by atoms with Gasteiger partial charge in [0.2, 0.25) is 0 Å². The van der Waals surface area contributed by atoms with Gasteiger partial charge in [-0.05, 0) is 31.7 Å². The second-order valence-electron chi connectivity index (χ2n) is 12.8. The average Bonchev–Trinajstić information content (AvgIpc) is 3.63. The SMILES string of the molecule is NCCC(O)CN[C@@H]1C[C@H](O)[C@@H](CN)O[C@@H]1O[C@H]1[C@H](O)[C@@H](O[C@H]2O[C@H](CO)[C@@H](O)[C@H](N)[C@H]2O)[C@H](CC(=O)C2(O)CC2N)C[C@@H]1N. The number of carbonyl (C=O) groups is 1. The first-order valence-corrected chi connectivity index (χ1v) is 15.5. The summed E-state index contributed by atoms with van der Waals surface area (Å²) in [6.07, 6.45) is -13.0. The zero-order valence-corrected chi connectivity index (χ0v) is 25.2. The van der Waals surface area contributed by atoms with Gasteiger partial charge in [-0.1, -0.05) is 0 Å². The van der Waals surface area contributed by atoms with Crippen LogP contribution in [0.3, 0.4) is 0 Å². The van der Waals surface area contributed by atoms with Gasteiger partial charge in [-0.15, -0.1) is 0 Å².